The van der Waals surface area contributed by atoms with E-state index in [2.05, 4.69) is 4.72 Å². The molecule has 2 rings (SSSR count). The molecule has 0 aliphatic carbocycles. The average molecular weight is 296 g/mol. The van der Waals surface area contributed by atoms with Crippen molar-refractivity contribution in [2.24, 2.45) is 5.73 Å². The van der Waals surface area contributed by atoms with E-state index in [1.165, 1.54) is 4.31 Å². The van der Waals surface area contributed by atoms with Gasteiger partial charge < -0.3 is 5.73 Å². The van der Waals surface area contributed by atoms with E-state index in [1.54, 1.807) is 24.3 Å². The zero-order valence-electron chi connectivity index (χ0n) is 11.5. The SMILES string of the molecule is CC1CCCCN1S(=O)(=O)Nc1ccccc1C(=N)N. The van der Waals surface area contributed by atoms with E-state index >= 15 is 0 Å². The van der Waals surface area contributed by atoms with Gasteiger partial charge in [-0.3, -0.25) is 10.1 Å². The Kier molecular flexibility index (Phi) is 4.29. The van der Waals surface area contributed by atoms with Crippen LogP contribution in [0.2, 0.25) is 0 Å². The summed E-state index contributed by atoms with van der Waals surface area (Å²) in [6.45, 7) is 2.44. The summed E-state index contributed by atoms with van der Waals surface area (Å²) in [5.41, 5.74) is 6.21. The Hall–Kier alpha value is -1.60. The highest BCUT2D eigenvalue weighted by molar-refractivity contribution is 7.90. The lowest BCUT2D eigenvalue weighted by molar-refractivity contribution is 0.270. The summed E-state index contributed by atoms with van der Waals surface area (Å²) in [5.74, 6) is -0.157. The molecule has 0 bridgehead atoms. The fourth-order valence-electron chi connectivity index (χ4n) is 2.43. The van der Waals surface area contributed by atoms with Crippen molar-refractivity contribution in [1.82, 2.24) is 4.31 Å². The number of nitrogen functional groups attached to an aromatic ring is 1. The number of nitrogens with one attached hydrogen (secondary N) is 2. The number of rotatable bonds is 4. The van der Waals surface area contributed by atoms with Crippen molar-refractivity contribution in [2.75, 3.05) is 11.3 Å². The van der Waals surface area contributed by atoms with Crippen LogP contribution in [0.4, 0.5) is 5.69 Å². The van der Waals surface area contributed by atoms with Gasteiger partial charge in [0, 0.05) is 18.2 Å². The molecule has 7 heteroatoms. The number of benzene rings is 1. The second-order valence-corrected chi connectivity index (χ2v) is 6.65. The molecule has 0 aromatic heterocycles. The standard InChI is InChI=1S/C13H20N4O2S/c1-10-6-4-5-9-17(10)20(18,19)16-12-8-3-2-7-11(12)13(14)15/h2-3,7-8,10,16H,4-6,9H2,1H3,(H3,14,15). The number of anilines is 1. The zero-order valence-corrected chi connectivity index (χ0v) is 12.3. The van der Waals surface area contributed by atoms with Gasteiger partial charge >= 0.3 is 10.2 Å². The number of nitrogens with two attached hydrogens (primary N) is 1. The van der Waals surface area contributed by atoms with Crippen LogP contribution in [0.1, 0.15) is 31.7 Å². The molecule has 1 saturated heterocycles. The van der Waals surface area contributed by atoms with E-state index in [4.69, 9.17) is 11.1 Å². The lowest BCUT2D eigenvalue weighted by Gasteiger charge is -2.32. The fourth-order valence-corrected chi connectivity index (χ4v) is 3.96. The Balaban J connectivity index is 2.26. The number of hydrogen-bond acceptors (Lipinski definition) is 3. The first-order chi connectivity index (χ1) is 9.42. The van der Waals surface area contributed by atoms with E-state index in [1.807, 2.05) is 6.92 Å². The van der Waals surface area contributed by atoms with E-state index < -0.39 is 10.2 Å². The Labute approximate surface area is 119 Å². The molecule has 1 fully saturated rings. The molecular weight excluding hydrogens is 276 g/mol. The van der Waals surface area contributed by atoms with Gasteiger partial charge in [0.1, 0.15) is 5.84 Å². The molecule has 1 aliphatic rings. The number of piperidine rings is 1. The topological polar surface area (TPSA) is 99.3 Å². The first kappa shape index (κ1) is 14.8. The van der Waals surface area contributed by atoms with Gasteiger partial charge in [0.05, 0.1) is 5.69 Å². The maximum Gasteiger partial charge on any atom is 0.301 e. The Morgan fingerprint density at radius 2 is 2.10 bits per heavy atom. The highest BCUT2D eigenvalue weighted by Gasteiger charge is 2.29. The van der Waals surface area contributed by atoms with E-state index in [-0.39, 0.29) is 11.9 Å². The third-order valence-corrected chi connectivity index (χ3v) is 5.14. The van der Waals surface area contributed by atoms with Gasteiger partial charge in [-0.25, -0.2) is 0 Å². The highest BCUT2D eigenvalue weighted by atomic mass is 32.2. The summed E-state index contributed by atoms with van der Waals surface area (Å²) >= 11 is 0. The van der Waals surface area contributed by atoms with Crippen LogP contribution in [0.15, 0.2) is 24.3 Å². The van der Waals surface area contributed by atoms with Crippen molar-refractivity contribution in [2.45, 2.75) is 32.2 Å². The fraction of sp³-hybridized carbons (Fsp3) is 0.462. The summed E-state index contributed by atoms with van der Waals surface area (Å²) in [6.07, 6.45) is 2.80. The second kappa shape index (κ2) is 5.80. The number of amidine groups is 1. The van der Waals surface area contributed by atoms with Crippen molar-refractivity contribution < 1.29 is 8.42 Å². The van der Waals surface area contributed by atoms with Crippen LogP contribution in [-0.2, 0) is 10.2 Å². The van der Waals surface area contributed by atoms with Crippen LogP contribution < -0.4 is 10.5 Å². The lowest BCUT2D eigenvalue weighted by Crippen LogP contribution is -2.45. The van der Waals surface area contributed by atoms with E-state index in [0.717, 1.165) is 19.3 Å². The second-order valence-electron chi connectivity index (χ2n) is 5.02. The molecule has 1 aliphatic heterocycles. The van der Waals surface area contributed by atoms with Crippen molar-refractivity contribution in [3.05, 3.63) is 29.8 Å². The van der Waals surface area contributed by atoms with Gasteiger partial charge in [-0.2, -0.15) is 12.7 Å². The molecule has 20 heavy (non-hydrogen) atoms. The molecule has 0 amide bonds. The lowest BCUT2D eigenvalue weighted by atomic mass is 10.1. The summed E-state index contributed by atoms with van der Waals surface area (Å²) in [5, 5.41) is 7.50. The highest BCUT2D eigenvalue weighted by Crippen LogP contribution is 2.23. The van der Waals surface area contributed by atoms with Crippen LogP contribution in [0.25, 0.3) is 0 Å². The summed E-state index contributed by atoms with van der Waals surface area (Å²) < 4.78 is 28.9. The van der Waals surface area contributed by atoms with Crippen LogP contribution >= 0.6 is 0 Å². The smallest absolute Gasteiger partial charge is 0.301 e. The number of para-hydroxylation sites is 1. The molecule has 0 saturated carbocycles. The van der Waals surface area contributed by atoms with Gasteiger partial charge in [-0.15, -0.1) is 0 Å². The minimum atomic E-state index is -3.61. The summed E-state index contributed by atoms with van der Waals surface area (Å²) in [4.78, 5) is 0. The predicted octanol–water partition coefficient (Wildman–Crippen LogP) is 1.50. The maximum absolute atomic E-state index is 12.4. The molecule has 1 heterocycles. The Morgan fingerprint density at radius 1 is 1.40 bits per heavy atom. The molecule has 6 nitrogen and oxygen atoms in total. The van der Waals surface area contributed by atoms with Crippen LogP contribution in [0.3, 0.4) is 0 Å². The summed E-state index contributed by atoms with van der Waals surface area (Å²) in [6, 6.07) is 6.66. The quantitative estimate of drug-likeness (QED) is 0.580. The van der Waals surface area contributed by atoms with Crippen molar-refractivity contribution in [1.29, 1.82) is 5.41 Å². The van der Waals surface area contributed by atoms with Gasteiger partial charge in [0.2, 0.25) is 0 Å². The number of nitrogens with zero attached hydrogens (tertiary/aromatic N) is 1. The van der Waals surface area contributed by atoms with E-state index in [0.29, 0.717) is 17.8 Å². The average Bonchev–Trinajstić information content (AvgIpc) is 2.39. The van der Waals surface area contributed by atoms with Crippen molar-refractivity contribution in [3.63, 3.8) is 0 Å². The van der Waals surface area contributed by atoms with E-state index in [9.17, 15) is 8.42 Å². The normalized spacial score (nSPS) is 20.6. The van der Waals surface area contributed by atoms with Gasteiger partial charge in [-0.1, -0.05) is 18.6 Å². The van der Waals surface area contributed by atoms with Gasteiger partial charge in [-0.05, 0) is 31.9 Å². The molecule has 1 atom stereocenters. The maximum atomic E-state index is 12.4. The molecule has 4 N–H and O–H groups in total. The third-order valence-electron chi connectivity index (χ3n) is 3.51. The van der Waals surface area contributed by atoms with Gasteiger partial charge in [0.25, 0.3) is 0 Å². The molecular formula is C13H20N4O2S. The minimum absolute atomic E-state index is 0.00857. The third kappa shape index (κ3) is 3.10. The Morgan fingerprint density at radius 3 is 2.75 bits per heavy atom. The van der Waals surface area contributed by atoms with Crippen molar-refractivity contribution >= 4 is 21.7 Å². The monoisotopic (exact) mass is 296 g/mol. The number of hydrogen-bond donors (Lipinski definition) is 3. The molecule has 110 valence electrons. The molecule has 0 radical (unpaired) electrons. The first-order valence-electron chi connectivity index (χ1n) is 6.65. The molecule has 1 aromatic rings. The predicted molar refractivity (Wildman–Crippen MR) is 80.0 cm³/mol. The molecule has 0 spiro atoms. The van der Waals surface area contributed by atoms with Crippen LogP contribution in [-0.4, -0.2) is 31.1 Å². The Bertz CT molecular complexity index is 600. The molecule has 1 unspecified atom stereocenters. The van der Waals surface area contributed by atoms with Crippen LogP contribution in [0.5, 0.6) is 0 Å². The minimum Gasteiger partial charge on any atom is -0.384 e. The largest absolute Gasteiger partial charge is 0.384 e. The molecule has 1 aromatic carbocycles. The van der Waals surface area contributed by atoms with Crippen molar-refractivity contribution in [3.8, 4) is 0 Å². The van der Waals surface area contributed by atoms with Gasteiger partial charge in [0.15, 0.2) is 0 Å². The summed E-state index contributed by atoms with van der Waals surface area (Å²) in [7, 11) is -3.61. The zero-order chi connectivity index (χ0) is 14.8. The first-order valence-corrected chi connectivity index (χ1v) is 8.09. The van der Waals surface area contributed by atoms with Crippen LogP contribution in [0, 0.1) is 5.41 Å².